The summed E-state index contributed by atoms with van der Waals surface area (Å²) in [5.74, 6) is 0.486. The van der Waals surface area contributed by atoms with Crippen LogP contribution in [0.4, 0.5) is 4.79 Å². The predicted octanol–water partition coefficient (Wildman–Crippen LogP) is 6.30. The van der Waals surface area contributed by atoms with Crippen molar-refractivity contribution in [2.24, 2.45) is 0 Å². The van der Waals surface area contributed by atoms with Crippen molar-refractivity contribution in [2.45, 2.75) is 57.7 Å². The number of carbonyl (C=O) groups excluding carboxylic acids is 2. The number of amides is 1. The third-order valence-corrected chi connectivity index (χ3v) is 6.97. The zero-order valence-corrected chi connectivity index (χ0v) is 22.7. The van der Waals surface area contributed by atoms with Crippen LogP contribution in [0.25, 0.3) is 0 Å². The van der Waals surface area contributed by atoms with Crippen LogP contribution in [-0.4, -0.2) is 42.8 Å². The van der Waals surface area contributed by atoms with E-state index >= 15 is 0 Å². The van der Waals surface area contributed by atoms with Crippen LogP contribution >= 0.6 is 0 Å². The number of esters is 1. The van der Waals surface area contributed by atoms with Gasteiger partial charge in [-0.2, -0.15) is 0 Å². The van der Waals surface area contributed by atoms with Crippen molar-refractivity contribution in [3.63, 3.8) is 0 Å². The van der Waals surface area contributed by atoms with Gasteiger partial charge in [-0.25, -0.2) is 4.79 Å². The second-order valence-corrected chi connectivity index (χ2v) is 10.8. The lowest BCUT2D eigenvalue weighted by atomic mass is 9.67. The molecule has 0 unspecified atom stereocenters. The topological polar surface area (TPSA) is 65.1 Å². The Morgan fingerprint density at radius 3 is 2.11 bits per heavy atom. The number of nitrogens with zero attached hydrogens (tertiary/aromatic N) is 1. The molecule has 0 radical (unpaired) electrons. The van der Waals surface area contributed by atoms with Crippen LogP contribution in [0.15, 0.2) is 78.9 Å². The van der Waals surface area contributed by atoms with E-state index in [9.17, 15) is 9.59 Å². The number of methoxy groups -OCH3 is 1. The second kappa shape index (κ2) is 11.7. The zero-order valence-electron chi connectivity index (χ0n) is 22.7. The fraction of sp³-hybridized carbons (Fsp3) is 0.375. The van der Waals surface area contributed by atoms with Gasteiger partial charge in [0.15, 0.2) is 0 Å². The summed E-state index contributed by atoms with van der Waals surface area (Å²) in [6, 6.07) is 26.4. The number of rotatable bonds is 7. The van der Waals surface area contributed by atoms with Crippen LogP contribution in [0.3, 0.4) is 0 Å². The molecule has 0 N–H and O–H groups in total. The van der Waals surface area contributed by atoms with Crippen molar-refractivity contribution in [2.75, 3.05) is 20.2 Å². The Bertz CT molecular complexity index is 1230. The SMILES string of the molecule is COC(=O)Cc1ccc(OCc2ccccc2)c(C2(c3ccccc3)CCN(C(=O)OC(C)(C)C)CC2)c1. The molecule has 0 saturated carbocycles. The van der Waals surface area contributed by atoms with E-state index in [0.29, 0.717) is 32.5 Å². The van der Waals surface area contributed by atoms with Crippen LogP contribution < -0.4 is 4.74 Å². The molecule has 1 amide bonds. The highest BCUT2D eigenvalue weighted by Crippen LogP contribution is 2.46. The lowest BCUT2D eigenvalue weighted by Gasteiger charge is -2.43. The second-order valence-electron chi connectivity index (χ2n) is 10.8. The van der Waals surface area contributed by atoms with E-state index in [1.165, 1.54) is 7.11 Å². The van der Waals surface area contributed by atoms with Gasteiger partial charge in [0.1, 0.15) is 18.0 Å². The van der Waals surface area contributed by atoms with Crippen molar-refractivity contribution >= 4 is 12.1 Å². The average Bonchev–Trinajstić information content (AvgIpc) is 2.92. The first-order chi connectivity index (χ1) is 18.2. The van der Waals surface area contributed by atoms with E-state index in [0.717, 1.165) is 28.0 Å². The average molecular weight is 516 g/mol. The molecule has 3 aromatic carbocycles. The van der Waals surface area contributed by atoms with Gasteiger partial charge in [-0.15, -0.1) is 0 Å². The molecular weight excluding hydrogens is 478 g/mol. The summed E-state index contributed by atoms with van der Waals surface area (Å²) in [7, 11) is 1.40. The highest BCUT2D eigenvalue weighted by molar-refractivity contribution is 5.73. The van der Waals surface area contributed by atoms with E-state index in [-0.39, 0.29) is 18.5 Å². The Kier molecular flexibility index (Phi) is 8.40. The van der Waals surface area contributed by atoms with Crippen molar-refractivity contribution in [1.29, 1.82) is 0 Å². The number of benzene rings is 3. The van der Waals surface area contributed by atoms with Crippen molar-refractivity contribution < 1.29 is 23.8 Å². The molecule has 200 valence electrons. The lowest BCUT2D eigenvalue weighted by Crippen LogP contribution is -2.47. The highest BCUT2D eigenvalue weighted by Gasteiger charge is 2.42. The Labute approximate surface area is 225 Å². The van der Waals surface area contributed by atoms with Gasteiger partial charge >= 0.3 is 12.1 Å². The van der Waals surface area contributed by atoms with Gasteiger partial charge in [-0.3, -0.25) is 4.79 Å². The van der Waals surface area contributed by atoms with E-state index in [2.05, 4.69) is 18.2 Å². The molecule has 38 heavy (non-hydrogen) atoms. The van der Waals surface area contributed by atoms with E-state index in [1.54, 1.807) is 4.90 Å². The van der Waals surface area contributed by atoms with E-state index in [1.807, 2.05) is 81.4 Å². The van der Waals surface area contributed by atoms with Gasteiger partial charge in [0, 0.05) is 24.1 Å². The number of ether oxygens (including phenoxy) is 3. The van der Waals surface area contributed by atoms with Gasteiger partial charge in [-0.05, 0) is 56.4 Å². The first-order valence-corrected chi connectivity index (χ1v) is 13.1. The van der Waals surface area contributed by atoms with Crippen LogP contribution in [0.2, 0.25) is 0 Å². The summed E-state index contributed by atoms with van der Waals surface area (Å²) in [5.41, 5.74) is 3.16. The fourth-order valence-corrected chi connectivity index (χ4v) is 5.03. The molecule has 1 aliphatic rings. The molecule has 1 heterocycles. The van der Waals surface area contributed by atoms with Gasteiger partial charge in [-0.1, -0.05) is 72.8 Å². The minimum Gasteiger partial charge on any atom is -0.489 e. The molecule has 6 nitrogen and oxygen atoms in total. The molecule has 1 fully saturated rings. The van der Waals surface area contributed by atoms with Crippen molar-refractivity contribution in [3.05, 3.63) is 101 Å². The standard InChI is InChI=1S/C32H37NO5/c1-31(2,3)38-30(35)33-19-17-32(18-20-33,26-13-9-6-10-14-26)27-21-25(22-29(34)36-4)15-16-28(27)37-23-24-11-7-5-8-12-24/h5-16,21H,17-20,22-23H2,1-4H3. The van der Waals surface area contributed by atoms with Crippen LogP contribution in [0.1, 0.15) is 55.9 Å². The summed E-state index contributed by atoms with van der Waals surface area (Å²) in [5, 5.41) is 0. The quantitative estimate of drug-likeness (QED) is 0.346. The molecule has 4 rings (SSSR count). The van der Waals surface area contributed by atoms with Gasteiger partial charge < -0.3 is 19.1 Å². The third-order valence-electron chi connectivity index (χ3n) is 6.97. The molecule has 0 bridgehead atoms. The predicted molar refractivity (Wildman–Crippen MR) is 147 cm³/mol. The summed E-state index contributed by atoms with van der Waals surface area (Å²) >= 11 is 0. The Hall–Kier alpha value is -3.80. The maximum Gasteiger partial charge on any atom is 0.410 e. The molecule has 0 aromatic heterocycles. The normalized spacial score (nSPS) is 15.0. The molecule has 6 heteroatoms. The smallest absolute Gasteiger partial charge is 0.410 e. The Balaban J connectivity index is 1.73. The first-order valence-electron chi connectivity index (χ1n) is 13.1. The minimum absolute atomic E-state index is 0.178. The maximum absolute atomic E-state index is 12.9. The summed E-state index contributed by atoms with van der Waals surface area (Å²) in [6.45, 7) is 7.16. The number of hydrogen-bond donors (Lipinski definition) is 0. The minimum atomic E-state index is -0.550. The molecule has 0 spiro atoms. The van der Waals surface area contributed by atoms with Crippen molar-refractivity contribution in [1.82, 2.24) is 4.90 Å². The number of hydrogen-bond acceptors (Lipinski definition) is 5. The van der Waals surface area contributed by atoms with Gasteiger partial charge in [0.05, 0.1) is 13.5 Å². The van der Waals surface area contributed by atoms with Gasteiger partial charge in [0.25, 0.3) is 0 Å². The molecule has 1 saturated heterocycles. The van der Waals surface area contributed by atoms with E-state index in [4.69, 9.17) is 14.2 Å². The monoisotopic (exact) mass is 515 g/mol. The number of carbonyl (C=O) groups is 2. The van der Waals surface area contributed by atoms with Crippen LogP contribution in [0.5, 0.6) is 5.75 Å². The summed E-state index contributed by atoms with van der Waals surface area (Å²) < 4.78 is 17.0. The zero-order chi connectivity index (χ0) is 27.2. The molecule has 0 atom stereocenters. The highest BCUT2D eigenvalue weighted by atomic mass is 16.6. The Morgan fingerprint density at radius 2 is 1.50 bits per heavy atom. The number of piperidine rings is 1. The van der Waals surface area contributed by atoms with E-state index < -0.39 is 11.0 Å². The Morgan fingerprint density at radius 1 is 0.868 bits per heavy atom. The molecule has 0 aliphatic carbocycles. The lowest BCUT2D eigenvalue weighted by molar-refractivity contribution is -0.139. The number of likely N-dealkylation sites (tertiary alicyclic amines) is 1. The largest absolute Gasteiger partial charge is 0.489 e. The maximum atomic E-state index is 12.9. The molecular formula is C32H37NO5. The van der Waals surface area contributed by atoms with Crippen molar-refractivity contribution in [3.8, 4) is 5.75 Å². The van der Waals surface area contributed by atoms with Crippen LogP contribution in [0, 0.1) is 0 Å². The molecule has 1 aliphatic heterocycles. The molecule has 3 aromatic rings. The fourth-order valence-electron chi connectivity index (χ4n) is 5.03. The first kappa shape index (κ1) is 27.2. The summed E-state index contributed by atoms with van der Waals surface area (Å²) in [4.78, 5) is 26.8. The van der Waals surface area contributed by atoms with Gasteiger partial charge in [0.2, 0.25) is 0 Å². The third kappa shape index (κ3) is 6.55. The summed E-state index contributed by atoms with van der Waals surface area (Å²) in [6.07, 6.45) is 1.27. The van der Waals surface area contributed by atoms with Crippen LogP contribution in [-0.2, 0) is 32.7 Å².